The van der Waals surface area contributed by atoms with Crippen molar-refractivity contribution >= 4 is 11.9 Å². The topological polar surface area (TPSA) is 79.3 Å². The number of nitrogens with zero attached hydrogens (tertiary/aromatic N) is 1. The summed E-state index contributed by atoms with van der Waals surface area (Å²) in [5.41, 5.74) is 0.845. The van der Waals surface area contributed by atoms with Crippen molar-refractivity contribution in [3.05, 3.63) is 29.6 Å². The van der Waals surface area contributed by atoms with Gasteiger partial charge in [-0.05, 0) is 24.5 Å². The van der Waals surface area contributed by atoms with Crippen LogP contribution in [-0.2, 0) is 11.3 Å². The van der Waals surface area contributed by atoms with E-state index in [2.05, 4.69) is 10.3 Å². The van der Waals surface area contributed by atoms with Crippen LogP contribution in [0.3, 0.4) is 0 Å². The summed E-state index contributed by atoms with van der Waals surface area (Å²) < 4.78 is 0. The molecule has 1 saturated carbocycles. The molecule has 0 radical (unpaired) electrons. The van der Waals surface area contributed by atoms with Crippen LogP contribution in [0.2, 0.25) is 0 Å². The molecule has 0 aliphatic heterocycles. The van der Waals surface area contributed by atoms with Crippen LogP contribution in [-0.4, -0.2) is 22.0 Å². The van der Waals surface area contributed by atoms with Gasteiger partial charge in [0.2, 0.25) is 5.91 Å². The second kappa shape index (κ2) is 4.95. The lowest BCUT2D eigenvalue weighted by Gasteiger charge is -2.23. The van der Waals surface area contributed by atoms with E-state index in [1.807, 2.05) is 0 Å². The number of carboxylic acid groups (broad SMARTS) is 1. The van der Waals surface area contributed by atoms with Crippen LogP contribution in [0.5, 0.6) is 0 Å². The van der Waals surface area contributed by atoms with Gasteiger partial charge in [-0.1, -0.05) is 6.42 Å². The lowest BCUT2D eigenvalue weighted by atomic mass is 9.85. The van der Waals surface area contributed by atoms with Crippen molar-refractivity contribution in [3.8, 4) is 0 Å². The standard InChI is InChI=1S/C12H14N2O3/c15-11(9-2-1-3-9)14-6-8-4-10(12(16)17)7-13-5-8/h4-5,7,9H,1-3,6H2,(H,14,15)(H,16,17). The zero-order chi connectivity index (χ0) is 12.3. The van der Waals surface area contributed by atoms with E-state index in [-0.39, 0.29) is 17.4 Å². The van der Waals surface area contributed by atoms with Gasteiger partial charge in [0.05, 0.1) is 5.56 Å². The summed E-state index contributed by atoms with van der Waals surface area (Å²) in [5.74, 6) is -0.813. The third kappa shape index (κ3) is 2.81. The van der Waals surface area contributed by atoms with Crippen LogP contribution in [0.1, 0.15) is 35.2 Å². The number of pyridine rings is 1. The van der Waals surface area contributed by atoms with Crippen LogP contribution in [0.15, 0.2) is 18.5 Å². The van der Waals surface area contributed by atoms with Gasteiger partial charge in [0.15, 0.2) is 0 Å². The SMILES string of the molecule is O=C(O)c1cncc(CNC(=O)C2CCC2)c1. The molecule has 1 heterocycles. The minimum Gasteiger partial charge on any atom is -0.478 e. The highest BCUT2D eigenvalue weighted by molar-refractivity contribution is 5.87. The number of nitrogens with one attached hydrogen (secondary N) is 1. The molecule has 1 aromatic heterocycles. The zero-order valence-electron chi connectivity index (χ0n) is 9.35. The lowest BCUT2D eigenvalue weighted by Crippen LogP contribution is -2.34. The van der Waals surface area contributed by atoms with Gasteiger partial charge in [-0.2, -0.15) is 0 Å². The van der Waals surface area contributed by atoms with Crippen LogP contribution in [0.25, 0.3) is 0 Å². The summed E-state index contributed by atoms with van der Waals surface area (Å²) in [5, 5.41) is 11.6. The highest BCUT2D eigenvalue weighted by Gasteiger charge is 2.24. The van der Waals surface area contributed by atoms with E-state index < -0.39 is 5.97 Å². The molecule has 0 unspecified atom stereocenters. The number of carbonyl (C=O) groups is 2. The Hall–Kier alpha value is -1.91. The highest BCUT2D eigenvalue weighted by atomic mass is 16.4. The van der Waals surface area contributed by atoms with E-state index in [9.17, 15) is 9.59 Å². The molecule has 2 N–H and O–H groups in total. The summed E-state index contributed by atoms with van der Waals surface area (Å²) in [6.45, 7) is 0.337. The minimum absolute atomic E-state index is 0.0528. The molecule has 1 amide bonds. The molecule has 90 valence electrons. The van der Waals surface area contributed by atoms with Gasteiger partial charge in [-0.25, -0.2) is 4.79 Å². The maximum absolute atomic E-state index is 11.6. The number of rotatable bonds is 4. The third-order valence-corrected chi connectivity index (χ3v) is 2.98. The predicted octanol–water partition coefficient (Wildman–Crippen LogP) is 1.20. The Bertz CT molecular complexity index is 441. The van der Waals surface area contributed by atoms with Crippen molar-refractivity contribution in [3.63, 3.8) is 0 Å². The van der Waals surface area contributed by atoms with Gasteiger partial charge in [-0.3, -0.25) is 9.78 Å². The van der Waals surface area contributed by atoms with Crippen molar-refractivity contribution in [1.29, 1.82) is 0 Å². The van der Waals surface area contributed by atoms with E-state index in [4.69, 9.17) is 5.11 Å². The predicted molar refractivity (Wildman–Crippen MR) is 60.4 cm³/mol. The molecular formula is C12H14N2O3. The Balaban J connectivity index is 1.91. The Kier molecular flexibility index (Phi) is 3.37. The summed E-state index contributed by atoms with van der Waals surface area (Å²) in [7, 11) is 0. The van der Waals surface area contributed by atoms with E-state index in [1.54, 1.807) is 6.20 Å². The third-order valence-electron chi connectivity index (χ3n) is 2.98. The summed E-state index contributed by atoms with van der Waals surface area (Å²) in [4.78, 5) is 26.1. The molecule has 17 heavy (non-hydrogen) atoms. The van der Waals surface area contributed by atoms with E-state index >= 15 is 0 Å². The highest BCUT2D eigenvalue weighted by Crippen LogP contribution is 2.26. The number of carboxylic acids is 1. The average Bonchev–Trinajstić information content (AvgIpc) is 2.24. The molecule has 0 spiro atoms. The first-order chi connectivity index (χ1) is 8.16. The van der Waals surface area contributed by atoms with Crippen molar-refractivity contribution in [2.24, 2.45) is 5.92 Å². The van der Waals surface area contributed by atoms with Gasteiger partial charge < -0.3 is 10.4 Å². The van der Waals surface area contributed by atoms with E-state index in [0.29, 0.717) is 12.1 Å². The Morgan fingerprint density at radius 2 is 2.18 bits per heavy atom. The van der Waals surface area contributed by atoms with Crippen molar-refractivity contribution in [2.75, 3.05) is 0 Å². The molecule has 0 saturated heterocycles. The van der Waals surface area contributed by atoms with Crippen LogP contribution in [0, 0.1) is 5.92 Å². The van der Waals surface area contributed by atoms with Gasteiger partial charge in [-0.15, -0.1) is 0 Å². The monoisotopic (exact) mass is 234 g/mol. The van der Waals surface area contributed by atoms with Gasteiger partial charge in [0.1, 0.15) is 0 Å². The van der Waals surface area contributed by atoms with Crippen molar-refractivity contribution < 1.29 is 14.7 Å². The average molecular weight is 234 g/mol. The van der Waals surface area contributed by atoms with Crippen LogP contribution >= 0.6 is 0 Å². The zero-order valence-corrected chi connectivity index (χ0v) is 9.35. The molecule has 1 aromatic rings. The smallest absolute Gasteiger partial charge is 0.337 e. The molecular weight excluding hydrogens is 220 g/mol. The lowest BCUT2D eigenvalue weighted by molar-refractivity contribution is -0.127. The fourth-order valence-electron chi connectivity index (χ4n) is 1.71. The number of hydrogen-bond acceptors (Lipinski definition) is 3. The first-order valence-electron chi connectivity index (χ1n) is 5.62. The summed E-state index contributed by atoms with van der Waals surface area (Å²) >= 11 is 0. The molecule has 1 aliphatic rings. The maximum Gasteiger partial charge on any atom is 0.337 e. The summed E-state index contributed by atoms with van der Waals surface area (Å²) in [6, 6.07) is 1.52. The number of carbonyl (C=O) groups excluding carboxylic acids is 1. The number of amides is 1. The van der Waals surface area contributed by atoms with E-state index in [1.165, 1.54) is 12.3 Å². The number of aromatic nitrogens is 1. The Morgan fingerprint density at radius 1 is 1.41 bits per heavy atom. The normalized spacial score (nSPS) is 15.1. The van der Waals surface area contributed by atoms with Gasteiger partial charge >= 0.3 is 5.97 Å². The second-order valence-electron chi connectivity index (χ2n) is 4.23. The molecule has 5 heteroatoms. The first kappa shape index (κ1) is 11.6. The number of aromatic carboxylic acids is 1. The van der Waals surface area contributed by atoms with Crippen molar-refractivity contribution in [2.45, 2.75) is 25.8 Å². The largest absolute Gasteiger partial charge is 0.478 e. The first-order valence-corrected chi connectivity index (χ1v) is 5.62. The molecule has 2 rings (SSSR count). The summed E-state index contributed by atoms with van der Waals surface area (Å²) in [6.07, 6.45) is 5.89. The van der Waals surface area contributed by atoms with Crippen LogP contribution < -0.4 is 5.32 Å². The molecule has 1 aliphatic carbocycles. The molecule has 0 atom stereocenters. The molecule has 1 fully saturated rings. The minimum atomic E-state index is -1.01. The fourth-order valence-corrected chi connectivity index (χ4v) is 1.71. The molecule has 0 bridgehead atoms. The Labute approximate surface area is 98.9 Å². The van der Waals surface area contributed by atoms with Gasteiger partial charge in [0, 0.05) is 24.9 Å². The Morgan fingerprint density at radius 3 is 2.76 bits per heavy atom. The molecule has 0 aromatic carbocycles. The fraction of sp³-hybridized carbons (Fsp3) is 0.417. The van der Waals surface area contributed by atoms with E-state index in [0.717, 1.165) is 19.3 Å². The maximum atomic E-state index is 11.6. The molecule has 5 nitrogen and oxygen atoms in total. The van der Waals surface area contributed by atoms with Crippen molar-refractivity contribution in [1.82, 2.24) is 10.3 Å². The second-order valence-corrected chi connectivity index (χ2v) is 4.23. The van der Waals surface area contributed by atoms with Crippen LogP contribution in [0.4, 0.5) is 0 Å². The van der Waals surface area contributed by atoms with Gasteiger partial charge in [0.25, 0.3) is 0 Å². The number of hydrogen-bond donors (Lipinski definition) is 2. The quantitative estimate of drug-likeness (QED) is 0.820.